The van der Waals surface area contributed by atoms with E-state index in [1.54, 1.807) is 24.3 Å². The number of carbonyl (C=O) groups excluding carboxylic acids is 2. The lowest BCUT2D eigenvalue weighted by molar-refractivity contribution is -0.123. The molecule has 0 aliphatic carbocycles. The molecular weight excluding hydrogens is 541 g/mol. The second-order valence-electron chi connectivity index (χ2n) is 8.58. The Balaban J connectivity index is 1.34. The van der Waals surface area contributed by atoms with Crippen molar-refractivity contribution in [2.75, 3.05) is 6.61 Å². The number of fused-ring (bicyclic) bond motifs is 1. The maximum absolute atomic E-state index is 13.0. The summed E-state index contributed by atoms with van der Waals surface area (Å²) in [4.78, 5) is 27.2. The molecule has 1 saturated heterocycles. The van der Waals surface area contributed by atoms with Crippen LogP contribution in [0.25, 0.3) is 16.8 Å². The van der Waals surface area contributed by atoms with Gasteiger partial charge in [0.05, 0.1) is 28.1 Å². The molecule has 0 spiro atoms. The van der Waals surface area contributed by atoms with Crippen LogP contribution in [0.15, 0.2) is 83.8 Å². The number of ether oxygens (including phenoxy) is 2. The number of benzene rings is 4. The number of thioether (sulfide) groups is 1. The third-order valence-electron chi connectivity index (χ3n) is 6.03. The van der Waals surface area contributed by atoms with Crippen LogP contribution in [0.3, 0.4) is 0 Å². The van der Waals surface area contributed by atoms with Gasteiger partial charge in [0.15, 0.2) is 11.5 Å². The number of halogens is 2. The highest BCUT2D eigenvalue weighted by molar-refractivity contribution is 8.18. The van der Waals surface area contributed by atoms with Gasteiger partial charge >= 0.3 is 0 Å². The van der Waals surface area contributed by atoms with E-state index < -0.39 is 0 Å². The van der Waals surface area contributed by atoms with E-state index >= 15 is 0 Å². The van der Waals surface area contributed by atoms with Crippen molar-refractivity contribution in [1.29, 1.82) is 0 Å². The van der Waals surface area contributed by atoms with Gasteiger partial charge in [-0.05, 0) is 76.5 Å². The second kappa shape index (κ2) is 11.5. The van der Waals surface area contributed by atoms with Crippen LogP contribution in [0.5, 0.6) is 11.5 Å². The van der Waals surface area contributed by atoms with Crippen molar-refractivity contribution in [1.82, 2.24) is 4.90 Å². The Bertz CT molecular complexity index is 1560. The van der Waals surface area contributed by atoms with Gasteiger partial charge in [-0.25, -0.2) is 0 Å². The van der Waals surface area contributed by atoms with Gasteiger partial charge in [0.2, 0.25) is 0 Å². The van der Waals surface area contributed by atoms with Gasteiger partial charge in [0.1, 0.15) is 6.61 Å². The van der Waals surface area contributed by atoms with Crippen molar-refractivity contribution < 1.29 is 19.1 Å². The average molecular weight is 564 g/mol. The van der Waals surface area contributed by atoms with Crippen LogP contribution in [0.1, 0.15) is 23.6 Å². The largest absolute Gasteiger partial charge is 0.490 e. The maximum atomic E-state index is 13.0. The molecule has 1 fully saturated rings. The predicted octanol–water partition coefficient (Wildman–Crippen LogP) is 8.36. The lowest BCUT2D eigenvalue weighted by Crippen LogP contribution is -2.27. The van der Waals surface area contributed by atoms with E-state index in [1.807, 2.05) is 49.4 Å². The first-order chi connectivity index (χ1) is 18.4. The molecule has 5 rings (SSSR count). The zero-order chi connectivity index (χ0) is 26.6. The van der Waals surface area contributed by atoms with E-state index in [9.17, 15) is 9.59 Å². The fourth-order valence-corrected chi connectivity index (χ4v) is 5.34. The van der Waals surface area contributed by atoms with E-state index in [0.29, 0.717) is 45.2 Å². The summed E-state index contributed by atoms with van der Waals surface area (Å²) in [7, 11) is 0. The standard InChI is InChI=1S/C30H23Cl2NO4S/c1-2-36-27-15-19(11-13-26(27)37-18-22-8-5-7-21-6-3-4-9-23(21)22)16-28-29(34)33(30(35)38-28)17-20-10-12-24(31)25(32)14-20/h3-16H,2,17-18H2,1H3/b28-16-. The molecule has 0 atom stereocenters. The summed E-state index contributed by atoms with van der Waals surface area (Å²) in [6, 6.07) is 24.8. The molecule has 0 N–H and O–H groups in total. The second-order valence-corrected chi connectivity index (χ2v) is 10.4. The number of rotatable bonds is 8. The van der Waals surface area contributed by atoms with Crippen LogP contribution in [0.2, 0.25) is 10.0 Å². The molecule has 192 valence electrons. The van der Waals surface area contributed by atoms with Gasteiger partial charge in [0.25, 0.3) is 11.1 Å². The third-order valence-corrected chi connectivity index (χ3v) is 7.67. The molecule has 1 aliphatic rings. The number of imide groups is 1. The molecule has 38 heavy (non-hydrogen) atoms. The van der Waals surface area contributed by atoms with Gasteiger partial charge in [-0.1, -0.05) is 77.8 Å². The molecule has 0 radical (unpaired) electrons. The molecule has 4 aromatic rings. The molecule has 0 bridgehead atoms. The SMILES string of the molecule is CCOc1cc(/C=C2\SC(=O)N(Cc3ccc(Cl)c(Cl)c3)C2=O)ccc1OCc1cccc2ccccc12. The Morgan fingerprint density at radius 2 is 1.68 bits per heavy atom. The van der Waals surface area contributed by atoms with E-state index in [1.165, 1.54) is 4.90 Å². The van der Waals surface area contributed by atoms with E-state index in [0.717, 1.165) is 33.7 Å². The lowest BCUT2D eigenvalue weighted by atomic mass is 10.1. The predicted molar refractivity (Wildman–Crippen MR) is 154 cm³/mol. The summed E-state index contributed by atoms with van der Waals surface area (Å²) in [6.45, 7) is 2.85. The molecule has 4 aromatic carbocycles. The summed E-state index contributed by atoms with van der Waals surface area (Å²) >= 11 is 13.0. The molecule has 0 unspecified atom stereocenters. The molecular formula is C30H23Cl2NO4S. The van der Waals surface area contributed by atoms with Crippen molar-refractivity contribution in [2.24, 2.45) is 0 Å². The Morgan fingerprint density at radius 1 is 0.868 bits per heavy atom. The Kier molecular flexibility index (Phi) is 7.93. The Morgan fingerprint density at radius 3 is 2.50 bits per heavy atom. The summed E-state index contributed by atoms with van der Waals surface area (Å²) in [5, 5.41) is 2.74. The monoisotopic (exact) mass is 563 g/mol. The first kappa shape index (κ1) is 26.2. The minimum absolute atomic E-state index is 0.115. The van der Waals surface area contributed by atoms with Crippen molar-refractivity contribution in [3.05, 3.63) is 111 Å². The first-order valence-corrected chi connectivity index (χ1v) is 13.6. The quantitative estimate of drug-likeness (QED) is 0.201. The van der Waals surface area contributed by atoms with Gasteiger partial charge in [-0.15, -0.1) is 0 Å². The molecule has 8 heteroatoms. The third kappa shape index (κ3) is 5.68. The first-order valence-electron chi connectivity index (χ1n) is 12.0. The molecule has 1 aliphatic heterocycles. The topological polar surface area (TPSA) is 55.8 Å². The van der Waals surface area contributed by atoms with Crippen LogP contribution >= 0.6 is 35.0 Å². The van der Waals surface area contributed by atoms with Gasteiger partial charge in [0, 0.05) is 0 Å². The van der Waals surface area contributed by atoms with Gasteiger partial charge < -0.3 is 9.47 Å². The van der Waals surface area contributed by atoms with Crippen molar-refractivity contribution >= 4 is 63.0 Å². The molecule has 5 nitrogen and oxygen atoms in total. The smallest absolute Gasteiger partial charge is 0.293 e. The van der Waals surface area contributed by atoms with Crippen molar-refractivity contribution in [3.8, 4) is 11.5 Å². The zero-order valence-corrected chi connectivity index (χ0v) is 22.8. The molecule has 0 aromatic heterocycles. The highest BCUT2D eigenvalue weighted by Gasteiger charge is 2.35. The number of nitrogens with zero attached hydrogens (tertiary/aromatic N) is 1. The Labute approximate surface area is 234 Å². The lowest BCUT2D eigenvalue weighted by Gasteiger charge is -2.14. The summed E-state index contributed by atoms with van der Waals surface area (Å²) in [5.41, 5.74) is 2.52. The highest BCUT2D eigenvalue weighted by atomic mass is 35.5. The number of carbonyl (C=O) groups is 2. The average Bonchev–Trinajstić information content (AvgIpc) is 3.17. The van der Waals surface area contributed by atoms with Crippen LogP contribution in [0, 0.1) is 0 Å². The Hall–Kier alpha value is -3.45. The number of hydrogen-bond donors (Lipinski definition) is 0. The minimum Gasteiger partial charge on any atom is -0.490 e. The zero-order valence-electron chi connectivity index (χ0n) is 20.4. The minimum atomic E-state index is -0.361. The van der Waals surface area contributed by atoms with Crippen LogP contribution in [0.4, 0.5) is 4.79 Å². The van der Waals surface area contributed by atoms with Crippen LogP contribution < -0.4 is 9.47 Å². The maximum Gasteiger partial charge on any atom is 0.293 e. The number of amides is 2. The van der Waals surface area contributed by atoms with E-state index in [4.69, 9.17) is 32.7 Å². The van der Waals surface area contributed by atoms with Crippen LogP contribution in [-0.4, -0.2) is 22.7 Å². The van der Waals surface area contributed by atoms with Gasteiger partial charge in [-0.2, -0.15) is 0 Å². The van der Waals surface area contributed by atoms with Crippen molar-refractivity contribution in [3.63, 3.8) is 0 Å². The van der Waals surface area contributed by atoms with Crippen LogP contribution in [-0.2, 0) is 17.9 Å². The summed E-state index contributed by atoms with van der Waals surface area (Å²) in [6.07, 6.45) is 1.69. The van der Waals surface area contributed by atoms with E-state index in [2.05, 4.69) is 18.2 Å². The fraction of sp³-hybridized carbons (Fsp3) is 0.133. The van der Waals surface area contributed by atoms with Crippen molar-refractivity contribution in [2.45, 2.75) is 20.1 Å². The molecule has 1 heterocycles. The summed E-state index contributed by atoms with van der Waals surface area (Å²) in [5.74, 6) is 0.807. The number of hydrogen-bond acceptors (Lipinski definition) is 5. The summed E-state index contributed by atoms with van der Waals surface area (Å²) < 4.78 is 12.0. The molecule has 2 amide bonds. The highest BCUT2D eigenvalue weighted by Crippen LogP contribution is 2.36. The normalized spacial score (nSPS) is 14.5. The molecule has 0 saturated carbocycles. The fourth-order valence-electron chi connectivity index (χ4n) is 4.18. The van der Waals surface area contributed by atoms with Gasteiger partial charge in [-0.3, -0.25) is 14.5 Å². The van der Waals surface area contributed by atoms with E-state index in [-0.39, 0.29) is 17.7 Å².